The Morgan fingerprint density at radius 3 is 2.62 bits per heavy atom. The van der Waals surface area contributed by atoms with E-state index in [1.165, 1.54) is 38.8 Å². The predicted molar refractivity (Wildman–Crippen MR) is 55.8 cm³/mol. The van der Waals surface area contributed by atoms with Crippen LogP contribution in [0.2, 0.25) is 0 Å². The predicted octanol–water partition coefficient (Wildman–Crippen LogP) is 1.47. The Kier molecular flexibility index (Phi) is 2.89. The van der Waals surface area contributed by atoms with Gasteiger partial charge in [-0.25, -0.2) is 0 Å². The maximum atomic E-state index is 3.36. The molecule has 0 bridgehead atoms. The largest absolute Gasteiger partial charge is 0.314 e. The third kappa shape index (κ3) is 1.75. The third-order valence-electron chi connectivity index (χ3n) is 4.00. The molecule has 0 radical (unpaired) electrons. The van der Waals surface area contributed by atoms with E-state index in [0.29, 0.717) is 0 Å². The Morgan fingerprint density at radius 2 is 2.08 bits per heavy atom. The van der Waals surface area contributed by atoms with Crippen molar-refractivity contribution in [1.29, 1.82) is 0 Å². The first-order valence-corrected chi connectivity index (χ1v) is 5.75. The Hall–Kier alpha value is -0.0800. The van der Waals surface area contributed by atoms with Crippen molar-refractivity contribution in [3.63, 3.8) is 0 Å². The molecular weight excluding hydrogens is 160 g/mol. The van der Waals surface area contributed by atoms with Gasteiger partial charge in [-0.3, -0.25) is 4.90 Å². The highest BCUT2D eigenvalue weighted by Gasteiger charge is 2.34. The van der Waals surface area contributed by atoms with E-state index < -0.39 is 0 Å². The summed E-state index contributed by atoms with van der Waals surface area (Å²) in [5.74, 6) is 0.977. The first-order valence-electron chi connectivity index (χ1n) is 5.75. The summed E-state index contributed by atoms with van der Waals surface area (Å²) in [6, 6.07) is 1.72. The van der Waals surface area contributed by atoms with Gasteiger partial charge in [-0.15, -0.1) is 0 Å². The number of rotatable bonds is 3. The zero-order valence-corrected chi connectivity index (χ0v) is 8.92. The Morgan fingerprint density at radius 1 is 1.31 bits per heavy atom. The van der Waals surface area contributed by atoms with Crippen molar-refractivity contribution in [2.24, 2.45) is 5.92 Å². The fourth-order valence-corrected chi connectivity index (χ4v) is 2.86. The van der Waals surface area contributed by atoms with E-state index in [4.69, 9.17) is 0 Å². The molecule has 1 saturated carbocycles. The molecule has 0 amide bonds. The minimum absolute atomic E-state index is 0.831. The molecular formula is C11H22N2. The normalized spacial score (nSPS) is 35.3. The Balaban J connectivity index is 1.90. The standard InChI is InChI=1S/C11H22N2/c1-3-9-5-4-6-11(9)13(2)10-7-12-8-10/h9-12H,3-8H2,1-2H3. The number of hydrogen-bond acceptors (Lipinski definition) is 2. The minimum Gasteiger partial charge on any atom is -0.314 e. The average Bonchev–Trinajstić information content (AvgIpc) is 2.47. The van der Waals surface area contributed by atoms with Crippen LogP contribution in [0.5, 0.6) is 0 Å². The second kappa shape index (κ2) is 3.97. The summed E-state index contributed by atoms with van der Waals surface area (Å²) >= 11 is 0. The molecule has 0 spiro atoms. The summed E-state index contributed by atoms with van der Waals surface area (Å²) in [6.45, 7) is 4.77. The molecule has 2 heteroatoms. The van der Waals surface area contributed by atoms with Crippen molar-refractivity contribution in [2.75, 3.05) is 20.1 Å². The summed E-state index contributed by atoms with van der Waals surface area (Å²) in [4.78, 5) is 2.64. The molecule has 1 N–H and O–H groups in total. The minimum atomic E-state index is 0.831. The highest BCUT2D eigenvalue weighted by Crippen LogP contribution is 2.32. The molecule has 0 aromatic rings. The van der Waals surface area contributed by atoms with Crippen LogP contribution >= 0.6 is 0 Å². The lowest BCUT2D eigenvalue weighted by Gasteiger charge is -2.41. The zero-order chi connectivity index (χ0) is 9.26. The molecule has 1 heterocycles. The van der Waals surface area contributed by atoms with Crippen molar-refractivity contribution >= 4 is 0 Å². The lowest BCUT2D eigenvalue weighted by atomic mass is 9.97. The van der Waals surface area contributed by atoms with Crippen LogP contribution in [0.15, 0.2) is 0 Å². The van der Waals surface area contributed by atoms with Crippen LogP contribution in [0.3, 0.4) is 0 Å². The number of likely N-dealkylation sites (N-methyl/N-ethyl adjacent to an activating group) is 1. The SMILES string of the molecule is CCC1CCCC1N(C)C1CNC1. The van der Waals surface area contributed by atoms with Gasteiger partial charge in [0.1, 0.15) is 0 Å². The van der Waals surface area contributed by atoms with Crippen molar-refractivity contribution in [3.8, 4) is 0 Å². The van der Waals surface area contributed by atoms with E-state index >= 15 is 0 Å². The Bertz CT molecular complexity index is 165. The lowest BCUT2D eigenvalue weighted by molar-refractivity contribution is 0.102. The molecule has 2 fully saturated rings. The fraction of sp³-hybridized carbons (Fsp3) is 1.00. The highest BCUT2D eigenvalue weighted by molar-refractivity contribution is 4.91. The molecule has 1 aliphatic carbocycles. The highest BCUT2D eigenvalue weighted by atomic mass is 15.2. The van der Waals surface area contributed by atoms with Gasteiger partial charge in [0.2, 0.25) is 0 Å². The molecule has 2 unspecified atom stereocenters. The van der Waals surface area contributed by atoms with Crippen LogP contribution in [0.1, 0.15) is 32.6 Å². The van der Waals surface area contributed by atoms with E-state index in [2.05, 4.69) is 24.2 Å². The van der Waals surface area contributed by atoms with Crippen LogP contribution in [-0.2, 0) is 0 Å². The third-order valence-corrected chi connectivity index (χ3v) is 4.00. The summed E-state index contributed by atoms with van der Waals surface area (Å²) in [6.07, 6.45) is 5.72. The van der Waals surface area contributed by atoms with Gasteiger partial charge in [-0.2, -0.15) is 0 Å². The van der Waals surface area contributed by atoms with E-state index in [9.17, 15) is 0 Å². The molecule has 2 atom stereocenters. The van der Waals surface area contributed by atoms with Gasteiger partial charge in [0.25, 0.3) is 0 Å². The van der Waals surface area contributed by atoms with Crippen LogP contribution in [0.25, 0.3) is 0 Å². The first kappa shape index (κ1) is 9.47. The number of nitrogens with zero attached hydrogens (tertiary/aromatic N) is 1. The first-order chi connectivity index (χ1) is 6.33. The molecule has 2 rings (SSSR count). The van der Waals surface area contributed by atoms with Crippen LogP contribution in [0, 0.1) is 5.92 Å². The van der Waals surface area contributed by atoms with Gasteiger partial charge >= 0.3 is 0 Å². The lowest BCUT2D eigenvalue weighted by Crippen LogP contribution is -2.59. The van der Waals surface area contributed by atoms with Gasteiger partial charge in [0, 0.05) is 25.2 Å². The molecule has 13 heavy (non-hydrogen) atoms. The molecule has 2 nitrogen and oxygen atoms in total. The Labute approximate surface area is 81.7 Å². The molecule has 1 aliphatic heterocycles. The van der Waals surface area contributed by atoms with E-state index in [-0.39, 0.29) is 0 Å². The molecule has 1 saturated heterocycles. The van der Waals surface area contributed by atoms with Crippen molar-refractivity contribution in [2.45, 2.75) is 44.7 Å². The summed E-state index contributed by atoms with van der Waals surface area (Å²) in [5, 5.41) is 3.36. The molecule has 76 valence electrons. The summed E-state index contributed by atoms with van der Waals surface area (Å²) < 4.78 is 0. The zero-order valence-electron chi connectivity index (χ0n) is 8.92. The summed E-state index contributed by atoms with van der Waals surface area (Å²) in [5.41, 5.74) is 0. The van der Waals surface area contributed by atoms with Crippen molar-refractivity contribution in [3.05, 3.63) is 0 Å². The van der Waals surface area contributed by atoms with E-state index in [1.54, 1.807) is 0 Å². The smallest absolute Gasteiger partial charge is 0.0345 e. The van der Waals surface area contributed by atoms with Gasteiger partial charge in [-0.05, 0) is 25.8 Å². The van der Waals surface area contributed by atoms with Crippen LogP contribution in [0.4, 0.5) is 0 Å². The van der Waals surface area contributed by atoms with Crippen LogP contribution < -0.4 is 5.32 Å². The van der Waals surface area contributed by atoms with E-state index in [1.807, 2.05) is 0 Å². The number of hydrogen-bond donors (Lipinski definition) is 1. The molecule has 2 aliphatic rings. The van der Waals surface area contributed by atoms with Crippen LogP contribution in [-0.4, -0.2) is 37.1 Å². The second-order valence-corrected chi connectivity index (χ2v) is 4.64. The monoisotopic (exact) mass is 182 g/mol. The van der Waals surface area contributed by atoms with Crippen molar-refractivity contribution < 1.29 is 0 Å². The van der Waals surface area contributed by atoms with E-state index in [0.717, 1.165) is 18.0 Å². The average molecular weight is 182 g/mol. The molecule has 0 aromatic carbocycles. The van der Waals surface area contributed by atoms with Gasteiger partial charge in [-0.1, -0.05) is 19.8 Å². The molecule has 0 aromatic heterocycles. The number of nitrogens with one attached hydrogen (secondary N) is 1. The summed E-state index contributed by atoms with van der Waals surface area (Å²) in [7, 11) is 2.32. The fourth-order valence-electron chi connectivity index (χ4n) is 2.86. The van der Waals surface area contributed by atoms with Gasteiger partial charge in [0.15, 0.2) is 0 Å². The van der Waals surface area contributed by atoms with Gasteiger partial charge < -0.3 is 5.32 Å². The van der Waals surface area contributed by atoms with Crippen molar-refractivity contribution in [1.82, 2.24) is 10.2 Å². The topological polar surface area (TPSA) is 15.3 Å². The second-order valence-electron chi connectivity index (χ2n) is 4.64. The maximum absolute atomic E-state index is 3.36. The van der Waals surface area contributed by atoms with Gasteiger partial charge in [0.05, 0.1) is 0 Å². The quantitative estimate of drug-likeness (QED) is 0.711. The maximum Gasteiger partial charge on any atom is 0.0345 e.